The summed E-state index contributed by atoms with van der Waals surface area (Å²) in [6.07, 6.45) is 0. The molecule has 130 valence electrons. The zero-order chi connectivity index (χ0) is 18.2. The fraction of sp³-hybridized carbons (Fsp3) is 0. The molecule has 0 unspecified atom stereocenters. The van der Waals surface area contributed by atoms with Crippen LogP contribution in [0.1, 0.15) is 0 Å². The van der Waals surface area contributed by atoms with Crippen LogP contribution in [-0.2, 0) is 0 Å². The predicted molar refractivity (Wildman–Crippen MR) is 123 cm³/mol. The molecule has 0 atom stereocenters. The van der Waals surface area contributed by atoms with Crippen LogP contribution in [0.2, 0.25) is 0 Å². The van der Waals surface area contributed by atoms with Crippen molar-refractivity contribution in [3.8, 4) is 0 Å². The third kappa shape index (κ3) is 1.87. The van der Waals surface area contributed by atoms with E-state index in [0.29, 0.717) is 14.5 Å². The number of rotatable bonds is 0. The number of hydrogen-bond donors (Lipinski definition) is 1. The van der Waals surface area contributed by atoms with E-state index in [-0.39, 0.29) is 0 Å². The Morgan fingerprint density at radius 3 is 2.07 bits per heavy atom. The topological polar surface area (TPSA) is 15.8 Å². The minimum atomic E-state index is 0.390. The first-order valence-electron chi connectivity index (χ1n) is 9.54. The summed E-state index contributed by atoms with van der Waals surface area (Å²) >= 11 is 0.390. The molecule has 0 aliphatic carbocycles. The van der Waals surface area contributed by atoms with Crippen LogP contribution in [0.4, 0.5) is 0 Å². The van der Waals surface area contributed by atoms with E-state index in [0.717, 1.165) is 0 Å². The molecule has 5 aromatic carbocycles. The number of aromatic amines is 1. The SMILES string of the molecule is c1ccc2c(c1)ccc1c3ccc4cc5c(cc4c3[nH]c21)[se]c1ccccc15. The van der Waals surface area contributed by atoms with Crippen molar-refractivity contribution < 1.29 is 0 Å². The molecule has 2 aromatic heterocycles. The number of aromatic nitrogens is 1. The van der Waals surface area contributed by atoms with Crippen molar-refractivity contribution in [1.82, 2.24) is 4.98 Å². The van der Waals surface area contributed by atoms with Crippen LogP contribution in [0.3, 0.4) is 0 Å². The zero-order valence-electron chi connectivity index (χ0n) is 15.0. The second-order valence-corrected chi connectivity index (χ2v) is 9.76. The summed E-state index contributed by atoms with van der Waals surface area (Å²) in [5, 5.41) is 10.7. The van der Waals surface area contributed by atoms with Gasteiger partial charge in [0.15, 0.2) is 0 Å². The summed E-state index contributed by atoms with van der Waals surface area (Å²) in [6, 6.07) is 31.4. The molecule has 0 bridgehead atoms. The van der Waals surface area contributed by atoms with Crippen molar-refractivity contribution in [2.75, 3.05) is 0 Å². The molecule has 0 spiro atoms. The molecule has 0 fully saturated rings. The molecule has 0 aliphatic rings. The summed E-state index contributed by atoms with van der Waals surface area (Å²) in [6.45, 7) is 0. The van der Waals surface area contributed by atoms with Gasteiger partial charge in [0.1, 0.15) is 0 Å². The molecule has 2 heteroatoms. The summed E-state index contributed by atoms with van der Waals surface area (Å²) in [5.41, 5.74) is 2.51. The van der Waals surface area contributed by atoms with Gasteiger partial charge in [-0.05, 0) is 0 Å². The normalized spacial score (nSPS) is 12.3. The van der Waals surface area contributed by atoms with Crippen LogP contribution in [0.25, 0.3) is 62.6 Å². The average molecular weight is 420 g/mol. The fourth-order valence-electron chi connectivity index (χ4n) is 4.66. The van der Waals surface area contributed by atoms with Crippen LogP contribution < -0.4 is 0 Å². The summed E-state index contributed by atoms with van der Waals surface area (Å²) < 4.78 is 3.00. The molecular formula is C26H15NSe. The van der Waals surface area contributed by atoms with Crippen molar-refractivity contribution in [3.05, 3.63) is 84.9 Å². The predicted octanol–water partition coefficient (Wildman–Crippen LogP) is 6.99. The van der Waals surface area contributed by atoms with Gasteiger partial charge < -0.3 is 0 Å². The van der Waals surface area contributed by atoms with Crippen molar-refractivity contribution in [2.24, 2.45) is 0 Å². The third-order valence-corrected chi connectivity index (χ3v) is 8.36. The van der Waals surface area contributed by atoms with Gasteiger partial charge in [-0.25, -0.2) is 0 Å². The maximum absolute atomic E-state index is 3.78. The van der Waals surface area contributed by atoms with Crippen molar-refractivity contribution in [1.29, 1.82) is 0 Å². The molecular weight excluding hydrogens is 405 g/mol. The van der Waals surface area contributed by atoms with Crippen LogP contribution >= 0.6 is 0 Å². The molecule has 0 saturated carbocycles. The van der Waals surface area contributed by atoms with Crippen LogP contribution in [0.5, 0.6) is 0 Å². The standard InChI is InChI=1S/C26H15NSe/c1-2-6-17-15(5-1)9-11-19-20-12-10-16-13-22-18-7-3-4-8-23(18)28-24(22)14-21(16)26(20)27-25(17)19/h1-14,27H. The van der Waals surface area contributed by atoms with Crippen LogP contribution in [-0.4, -0.2) is 19.5 Å². The van der Waals surface area contributed by atoms with Crippen LogP contribution in [0.15, 0.2) is 84.9 Å². The monoisotopic (exact) mass is 421 g/mol. The molecule has 1 nitrogen and oxygen atoms in total. The minimum absolute atomic E-state index is 0.390. The van der Waals surface area contributed by atoms with Gasteiger partial charge in [0.2, 0.25) is 0 Å². The summed E-state index contributed by atoms with van der Waals surface area (Å²) in [7, 11) is 0. The molecule has 1 N–H and O–H groups in total. The fourth-order valence-corrected chi connectivity index (χ4v) is 7.02. The van der Waals surface area contributed by atoms with Crippen molar-refractivity contribution in [2.45, 2.75) is 0 Å². The Kier molecular flexibility index (Phi) is 2.80. The van der Waals surface area contributed by atoms with Gasteiger partial charge in [-0.15, -0.1) is 0 Å². The molecule has 0 aliphatic heterocycles. The quantitative estimate of drug-likeness (QED) is 0.255. The van der Waals surface area contributed by atoms with E-state index in [9.17, 15) is 0 Å². The molecule has 2 heterocycles. The molecule has 7 rings (SSSR count). The van der Waals surface area contributed by atoms with E-state index in [1.165, 1.54) is 62.6 Å². The van der Waals surface area contributed by atoms with Gasteiger partial charge in [0.05, 0.1) is 0 Å². The molecule has 7 aromatic rings. The first-order valence-corrected chi connectivity index (χ1v) is 11.3. The maximum atomic E-state index is 3.78. The number of nitrogens with one attached hydrogen (secondary N) is 1. The van der Waals surface area contributed by atoms with E-state index >= 15 is 0 Å². The Labute approximate surface area is 166 Å². The van der Waals surface area contributed by atoms with Gasteiger partial charge >= 0.3 is 167 Å². The van der Waals surface area contributed by atoms with E-state index in [4.69, 9.17) is 0 Å². The van der Waals surface area contributed by atoms with Gasteiger partial charge in [0.25, 0.3) is 0 Å². The van der Waals surface area contributed by atoms with Crippen molar-refractivity contribution in [3.63, 3.8) is 0 Å². The second-order valence-electron chi connectivity index (χ2n) is 7.49. The molecule has 0 radical (unpaired) electrons. The van der Waals surface area contributed by atoms with Crippen LogP contribution in [0, 0.1) is 0 Å². The summed E-state index contributed by atoms with van der Waals surface area (Å²) in [5.74, 6) is 0. The summed E-state index contributed by atoms with van der Waals surface area (Å²) in [4.78, 5) is 3.78. The third-order valence-electron chi connectivity index (χ3n) is 5.99. The number of benzene rings is 5. The Morgan fingerprint density at radius 1 is 0.464 bits per heavy atom. The van der Waals surface area contributed by atoms with E-state index in [1.54, 1.807) is 0 Å². The van der Waals surface area contributed by atoms with E-state index < -0.39 is 0 Å². The zero-order valence-corrected chi connectivity index (χ0v) is 16.7. The Balaban J connectivity index is 1.68. The Hall–Kier alpha value is -3.06. The number of H-pyrrole nitrogens is 1. The average Bonchev–Trinajstić information content (AvgIpc) is 3.30. The molecule has 0 saturated heterocycles. The van der Waals surface area contributed by atoms with Gasteiger partial charge in [0, 0.05) is 0 Å². The first-order chi connectivity index (χ1) is 13.9. The molecule has 28 heavy (non-hydrogen) atoms. The Bertz CT molecular complexity index is 1720. The Morgan fingerprint density at radius 2 is 1.18 bits per heavy atom. The first kappa shape index (κ1) is 14.9. The van der Waals surface area contributed by atoms with Crippen molar-refractivity contribution >= 4 is 77.1 Å². The second kappa shape index (κ2) is 5.26. The molecule has 0 amide bonds. The van der Waals surface area contributed by atoms with E-state index in [1.807, 2.05) is 0 Å². The van der Waals surface area contributed by atoms with Gasteiger partial charge in [-0.3, -0.25) is 0 Å². The van der Waals surface area contributed by atoms with Gasteiger partial charge in [-0.1, -0.05) is 0 Å². The van der Waals surface area contributed by atoms with E-state index in [2.05, 4.69) is 89.9 Å². The number of hydrogen-bond acceptors (Lipinski definition) is 0. The number of fused-ring (bicyclic) bond motifs is 10. The van der Waals surface area contributed by atoms with Gasteiger partial charge in [-0.2, -0.15) is 0 Å².